The maximum Gasteiger partial charge on any atom is 0.336 e. The van der Waals surface area contributed by atoms with Gasteiger partial charge in [-0.25, -0.2) is 8.42 Å². The van der Waals surface area contributed by atoms with Crippen LogP contribution in [0.2, 0.25) is 0 Å². The van der Waals surface area contributed by atoms with Crippen molar-refractivity contribution in [3.8, 4) is 11.5 Å². The lowest BCUT2D eigenvalue weighted by atomic mass is 9.99. The van der Waals surface area contributed by atoms with Crippen LogP contribution in [0.1, 0.15) is 25.3 Å². The van der Waals surface area contributed by atoms with E-state index in [4.69, 9.17) is 4.42 Å². The summed E-state index contributed by atoms with van der Waals surface area (Å²) >= 11 is 0. The number of amides is 1. The molecule has 2 heterocycles. The van der Waals surface area contributed by atoms with Crippen molar-refractivity contribution in [1.82, 2.24) is 15.1 Å². The number of rotatable bonds is 4. The molecule has 1 aliphatic heterocycles. The second kappa shape index (κ2) is 6.95. The third kappa shape index (κ3) is 3.89. The molecule has 0 spiro atoms. The zero-order valence-corrected chi connectivity index (χ0v) is 15.1. The highest BCUT2D eigenvalue weighted by molar-refractivity contribution is 7.91. The fourth-order valence-corrected chi connectivity index (χ4v) is 3.83. The molecule has 0 atom stereocenters. The molecule has 8 heteroatoms. The first-order chi connectivity index (χ1) is 11.9. The summed E-state index contributed by atoms with van der Waals surface area (Å²) in [5.41, 5.74) is 1.57. The molecule has 0 aliphatic carbocycles. The number of piperidine rings is 1. The molecule has 0 bridgehead atoms. The van der Waals surface area contributed by atoms with Gasteiger partial charge in [0.25, 0.3) is 0 Å². The number of hydrogen-bond acceptors (Lipinski definition) is 6. The van der Waals surface area contributed by atoms with Crippen molar-refractivity contribution in [2.75, 3.05) is 18.8 Å². The Balaban J connectivity index is 1.75. The third-order valence-corrected chi connectivity index (χ3v) is 5.82. The van der Waals surface area contributed by atoms with Crippen LogP contribution >= 0.6 is 0 Å². The second-order valence-electron chi connectivity index (χ2n) is 6.51. The minimum atomic E-state index is -3.95. The molecule has 0 radical (unpaired) electrons. The van der Waals surface area contributed by atoms with Crippen LogP contribution in [0.25, 0.3) is 11.5 Å². The summed E-state index contributed by atoms with van der Waals surface area (Å²) in [4.78, 5) is 13.9. The van der Waals surface area contributed by atoms with Gasteiger partial charge in [-0.3, -0.25) is 4.79 Å². The average molecular weight is 363 g/mol. The monoisotopic (exact) mass is 363 g/mol. The Kier molecular flexibility index (Phi) is 4.89. The standard InChI is InChI=1S/C17H21N3O4S/c1-12-7-9-20(10-8-12)15(21)11-25(22,23)17-19-18-16(24-17)14-6-4-3-5-13(14)2/h3-6,12H,7-11H2,1-2H3. The van der Waals surface area contributed by atoms with Crippen LogP contribution in [0, 0.1) is 12.8 Å². The van der Waals surface area contributed by atoms with Gasteiger partial charge in [0.1, 0.15) is 5.75 Å². The van der Waals surface area contributed by atoms with E-state index in [1.54, 1.807) is 11.0 Å². The van der Waals surface area contributed by atoms with Gasteiger partial charge in [-0.2, -0.15) is 0 Å². The number of nitrogens with zero attached hydrogens (tertiary/aromatic N) is 3. The smallest absolute Gasteiger partial charge is 0.336 e. The Labute approximate surface area is 147 Å². The number of hydrogen-bond donors (Lipinski definition) is 0. The largest absolute Gasteiger partial charge is 0.408 e. The van der Waals surface area contributed by atoms with E-state index < -0.39 is 26.7 Å². The Bertz CT molecular complexity index is 868. The van der Waals surface area contributed by atoms with Crippen LogP contribution in [0.4, 0.5) is 0 Å². The van der Waals surface area contributed by atoms with Crippen LogP contribution in [0.15, 0.2) is 33.9 Å². The normalized spacial score (nSPS) is 16.2. The molecule has 1 aromatic carbocycles. The Morgan fingerprint density at radius 1 is 1.24 bits per heavy atom. The Morgan fingerprint density at radius 2 is 1.92 bits per heavy atom. The van der Waals surface area contributed by atoms with E-state index in [2.05, 4.69) is 17.1 Å². The highest BCUT2D eigenvalue weighted by Gasteiger charge is 2.30. The number of carbonyl (C=O) groups excluding carboxylic acids is 1. The molecule has 3 rings (SSSR count). The highest BCUT2D eigenvalue weighted by atomic mass is 32.2. The SMILES string of the molecule is Cc1ccccc1-c1nnc(S(=O)(=O)CC(=O)N2CCC(C)CC2)o1. The van der Waals surface area contributed by atoms with Crippen molar-refractivity contribution in [3.05, 3.63) is 29.8 Å². The zero-order chi connectivity index (χ0) is 18.0. The van der Waals surface area contributed by atoms with E-state index in [0.29, 0.717) is 24.6 Å². The summed E-state index contributed by atoms with van der Waals surface area (Å²) in [5.74, 6) is -0.358. The van der Waals surface area contributed by atoms with Gasteiger partial charge >= 0.3 is 5.22 Å². The van der Waals surface area contributed by atoms with Gasteiger partial charge in [-0.1, -0.05) is 30.2 Å². The molecule has 25 heavy (non-hydrogen) atoms. The number of sulfone groups is 1. The quantitative estimate of drug-likeness (QED) is 0.825. The topological polar surface area (TPSA) is 93.4 Å². The van der Waals surface area contributed by atoms with Crippen LogP contribution in [-0.2, 0) is 14.6 Å². The number of benzene rings is 1. The van der Waals surface area contributed by atoms with E-state index in [9.17, 15) is 13.2 Å². The van der Waals surface area contributed by atoms with Gasteiger partial charge in [-0.05, 0) is 37.3 Å². The van der Waals surface area contributed by atoms with Gasteiger partial charge in [0, 0.05) is 18.7 Å². The summed E-state index contributed by atoms with van der Waals surface area (Å²) in [6.07, 6.45) is 1.79. The van der Waals surface area contributed by atoms with Crippen molar-refractivity contribution >= 4 is 15.7 Å². The first-order valence-corrected chi connectivity index (χ1v) is 9.92. The van der Waals surface area contributed by atoms with Crippen molar-refractivity contribution in [1.29, 1.82) is 0 Å². The molecule has 1 amide bonds. The molecular formula is C17H21N3O4S. The van der Waals surface area contributed by atoms with Gasteiger partial charge in [0.05, 0.1) is 0 Å². The van der Waals surface area contributed by atoms with E-state index in [1.807, 2.05) is 25.1 Å². The van der Waals surface area contributed by atoms with Crippen molar-refractivity contribution in [3.63, 3.8) is 0 Å². The molecule has 7 nitrogen and oxygen atoms in total. The second-order valence-corrected chi connectivity index (χ2v) is 8.38. The first-order valence-electron chi connectivity index (χ1n) is 8.27. The van der Waals surface area contributed by atoms with Gasteiger partial charge in [0.15, 0.2) is 0 Å². The lowest BCUT2D eigenvalue weighted by Crippen LogP contribution is -2.41. The van der Waals surface area contributed by atoms with Gasteiger partial charge in [-0.15, -0.1) is 5.10 Å². The lowest BCUT2D eigenvalue weighted by Gasteiger charge is -2.30. The minimum absolute atomic E-state index is 0.135. The molecule has 0 saturated carbocycles. The van der Waals surface area contributed by atoms with E-state index in [0.717, 1.165) is 18.4 Å². The summed E-state index contributed by atoms with van der Waals surface area (Å²) in [6.45, 7) is 5.18. The maximum atomic E-state index is 12.4. The van der Waals surface area contributed by atoms with Crippen LogP contribution in [0.3, 0.4) is 0 Å². The van der Waals surface area contributed by atoms with E-state index in [1.165, 1.54) is 0 Å². The molecule has 2 aromatic rings. The molecular weight excluding hydrogens is 342 g/mol. The van der Waals surface area contributed by atoms with Crippen LogP contribution in [0.5, 0.6) is 0 Å². The Hall–Kier alpha value is -2.22. The molecule has 1 aliphatic rings. The fraction of sp³-hybridized carbons (Fsp3) is 0.471. The van der Waals surface area contributed by atoms with Gasteiger partial charge < -0.3 is 9.32 Å². The Morgan fingerprint density at radius 3 is 2.60 bits per heavy atom. The summed E-state index contributed by atoms with van der Waals surface area (Å²) in [6, 6.07) is 7.32. The van der Waals surface area contributed by atoms with Crippen LogP contribution < -0.4 is 0 Å². The highest BCUT2D eigenvalue weighted by Crippen LogP contribution is 2.24. The van der Waals surface area contributed by atoms with E-state index >= 15 is 0 Å². The van der Waals surface area contributed by atoms with Crippen LogP contribution in [-0.4, -0.2) is 48.3 Å². The van der Waals surface area contributed by atoms with Crippen molar-refractivity contribution < 1.29 is 17.6 Å². The summed E-state index contributed by atoms with van der Waals surface area (Å²) < 4.78 is 30.2. The lowest BCUT2D eigenvalue weighted by molar-refractivity contribution is -0.129. The molecule has 0 N–H and O–H groups in total. The number of aryl methyl sites for hydroxylation is 1. The average Bonchev–Trinajstić information content (AvgIpc) is 3.06. The zero-order valence-electron chi connectivity index (χ0n) is 14.3. The predicted molar refractivity (Wildman–Crippen MR) is 91.5 cm³/mol. The number of likely N-dealkylation sites (tertiary alicyclic amines) is 1. The summed E-state index contributed by atoms with van der Waals surface area (Å²) in [7, 11) is -3.95. The van der Waals surface area contributed by atoms with E-state index in [-0.39, 0.29) is 5.89 Å². The third-order valence-electron chi connectivity index (χ3n) is 4.50. The fourth-order valence-electron chi connectivity index (χ4n) is 2.83. The first kappa shape index (κ1) is 17.6. The van der Waals surface area contributed by atoms with Crippen molar-refractivity contribution in [2.45, 2.75) is 31.9 Å². The number of aromatic nitrogens is 2. The number of carbonyl (C=O) groups is 1. The minimum Gasteiger partial charge on any atom is -0.408 e. The predicted octanol–water partition coefficient (Wildman–Crippen LogP) is 2.08. The molecule has 1 saturated heterocycles. The molecule has 1 aromatic heterocycles. The van der Waals surface area contributed by atoms with Crippen molar-refractivity contribution in [2.24, 2.45) is 5.92 Å². The maximum absolute atomic E-state index is 12.4. The molecule has 0 unspecified atom stereocenters. The molecule has 134 valence electrons. The molecule has 1 fully saturated rings. The summed E-state index contributed by atoms with van der Waals surface area (Å²) in [5, 5.41) is 6.95. The van der Waals surface area contributed by atoms with Gasteiger partial charge in [0.2, 0.25) is 21.6 Å².